The van der Waals surface area contributed by atoms with Crippen LogP contribution in [-0.4, -0.2) is 38.3 Å². The topological polar surface area (TPSA) is 50.4 Å². The maximum Gasteiger partial charge on any atom is 0.216 e. The third-order valence-electron chi connectivity index (χ3n) is 2.34. The van der Waals surface area contributed by atoms with Gasteiger partial charge >= 0.3 is 0 Å². The maximum absolute atomic E-state index is 10.5. The quantitative estimate of drug-likeness (QED) is 0.606. The summed E-state index contributed by atoms with van der Waals surface area (Å²) in [6, 6.07) is 0. The average molecular weight is 200 g/mol. The van der Waals surface area contributed by atoms with E-state index in [0.717, 1.165) is 26.1 Å². The third kappa shape index (κ3) is 5.19. The predicted octanol–water partition coefficient (Wildman–Crippen LogP) is 0.281. The Labute approximate surface area is 85.4 Å². The Morgan fingerprint density at radius 1 is 1.43 bits per heavy atom. The van der Waals surface area contributed by atoms with Gasteiger partial charge < -0.3 is 15.4 Å². The summed E-state index contributed by atoms with van der Waals surface area (Å²) in [4.78, 5) is 10.5. The lowest BCUT2D eigenvalue weighted by atomic mass is 10.2. The Hall–Kier alpha value is -0.610. The molecule has 0 aromatic carbocycles. The lowest BCUT2D eigenvalue weighted by molar-refractivity contribution is -0.118. The lowest BCUT2D eigenvalue weighted by Crippen LogP contribution is -2.31. The van der Waals surface area contributed by atoms with E-state index in [9.17, 15) is 4.79 Å². The van der Waals surface area contributed by atoms with Gasteiger partial charge in [0.05, 0.1) is 6.10 Å². The molecule has 1 aliphatic heterocycles. The van der Waals surface area contributed by atoms with Crippen molar-refractivity contribution in [1.82, 2.24) is 10.6 Å². The Bertz CT molecular complexity index is 168. The number of hydrogen-bond donors (Lipinski definition) is 2. The SMILES string of the molecule is CC(=O)NCCNCCC1CCCO1. The normalized spacial score (nSPS) is 21.1. The summed E-state index contributed by atoms with van der Waals surface area (Å²) < 4.78 is 5.49. The fourth-order valence-corrected chi connectivity index (χ4v) is 1.59. The summed E-state index contributed by atoms with van der Waals surface area (Å²) in [6.45, 7) is 4.99. The van der Waals surface area contributed by atoms with E-state index >= 15 is 0 Å². The second-order valence-corrected chi connectivity index (χ2v) is 3.66. The Morgan fingerprint density at radius 2 is 2.29 bits per heavy atom. The Balaban J connectivity index is 1.82. The van der Waals surface area contributed by atoms with Crippen LogP contribution in [0.15, 0.2) is 0 Å². The molecule has 4 heteroatoms. The van der Waals surface area contributed by atoms with E-state index in [0.29, 0.717) is 12.6 Å². The van der Waals surface area contributed by atoms with Crippen LogP contribution in [0.2, 0.25) is 0 Å². The van der Waals surface area contributed by atoms with E-state index < -0.39 is 0 Å². The number of nitrogens with one attached hydrogen (secondary N) is 2. The molecular formula is C10H20N2O2. The molecule has 1 amide bonds. The fraction of sp³-hybridized carbons (Fsp3) is 0.900. The van der Waals surface area contributed by atoms with Crippen molar-refractivity contribution in [2.75, 3.05) is 26.2 Å². The zero-order valence-electron chi connectivity index (χ0n) is 8.84. The van der Waals surface area contributed by atoms with E-state index in [2.05, 4.69) is 10.6 Å². The standard InChI is InChI=1S/C10H20N2O2/c1-9(13)12-7-6-11-5-4-10-3-2-8-14-10/h10-11H,2-8H2,1H3,(H,12,13). The van der Waals surface area contributed by atoms with Crippen LogP contribution in [0, 0.1) is 0 Å². The molecule has 1 fully saturated rings. The number of hydrogen-bond acceptors (Lipinski definition) is 3. The molecule has 1 atom stereocenters. The van der Waals surface area contributed by atoms with Gasteiger partial charge in [-0.2, -0.15) is 0 Å². The Morgan fingerprint density at radius 3 is 2.93 bits per heavy atom. The summed E-state index contributed by atoms with van der Waals surface area (Å²) >= 11 is 0. The van der Waals surface area contributed by atoms with E-state index in [-0.39, 0.29) is 5.91 Å². The van der Waals surface area contributed by atoms with Gasteiger partial charge in [0, 0.05) is 26.6 Å². The van der Waals surface area contributed by atoms with Crippen molar-refractivity contribution in [1.29, 1.82) is 0 Å². The van der Waals surface area contributed by atoms with Crippen molar-refractivity contribution < 1.29 is 9.53 Å². The molecule has 0 aromatic heterocycles. The van der Waals surface area contributed by atoms with Crippen LogP contribution in [-0.2, 0) is 9.53 Å². The molecule has 1 aliphatic rings. The van der Waals surface area contributed by atoms with Gasteiger partial charge in [0.1, 0.15) is 0 Å². The largest absolute Gasteiger partial charge is 0.378 e. The average Bonchev–Trinajstić information content (AvgIpc) is 2.63. The van der Waals surface area contributed by atoms with Gasteiger partial charge in [-0.05, 0) is 25.8 Å². The van der Waals surface area contributed by atoms with Crippen LogP contribution >= 0.6 is 0 Å². The molecule has 2 N–H and O–H groups in total. The highest BCUT2D eigenvalue weighted by Gasteiger charge is 2.13. The Kier molecular flexibility index (Phi) is 5.56. The van der Waals surface area contributed by atoms with E-state index in [1.807, 2.05) is 0 Å². The van der Waals surface area contributed by atoms with Gasteiger partial charge in [-0.15, -0.1) is 0 Å². The van der Waals surface area contributed by atoms with E-state index in [1.165, 1.54) is 19.8 Å². The smallest absolute Gasteiger partial charge is 0.216 e. The van der Waals surface area contributed by atoms with Gasteiger partial charge in [0.15, 0.2) is 0 Å². The first kappa shape index (κ1) is 11.5. The van der Waals surface area contributed by atoms with Crippen molar-refractivity contribution >= 4 is 5.91 Å². The van der Waals surface area contributed by atoms with Gasteiger partial charge in [-0.25, -0.2) is 0 Å². The molecule has 0 spiro atoms. The number of ether oxygens (including phenoxy) is 1. The van der Waals surface area contributed by atoms with E-state index in [1.54, 1.807) is 0 Å². The minimum absolute atomic E-state index is 0.0333. The highest BCUT2D eigenvalue weighted by molar-refractivity contribution is 5.72. The first-order valence-electron chi connectivity index (χ1n) is 5.36. The second-order valence-electron chi connectivity index (χ2n) is 3.66. The molecule has 0 saturated carbocycles. The minimum atomic E-state index is 0.0333. The van der Waals surface area contributed by atoms with Crippen molar-refractivity contribution in [3.8, 4) is 0 Å². The lowest BCUT2D eigenvalue weighted by Gasteiger charge is -2.09. The van der Waals surface area contributed by atoms with Gasteiger partial charge in [0.2, 0.25) is 5.91 Å². The zero-order chi connectivity index (χ0) is 10.2. The summed E-state index contributed by atoms with van der Waals surface area (Å²) in [7, 11) is 0. The molecule has 1 heterocycles. The van der Waals surface area contributed by atoms with Crippen molar-refractivity contribution in [2.24, 2.45) is 0 Å². The number of carbonyl (C=O) groups is 1. The molecule has 1 unspecified atom stereocenters. The highest BCUT2D eigenvalue weighted by Crippen LogP contribution is 2.14. The second kappa shape index (κ2) is 6.79. The summed E-state index contributed by atoms with van der Waals surface area (Å²) in [6.07, 6.45) is 3.95. The molecular weight excluding hydrogens is 180 g/mol. The first-order chi connectivity index (χ1) is 6.79. The molecule has 0 radical (unpaired) electrons. The van der Waals surface area contributed by atoms with Gasteiger partial charge in [0.25, 0.3) is 0 Å². The van der Waals surface area contributed by atoms with Crippen molar-refractivity contribution in [3.05, 3.63) is 0 Å². The monoisotopic (exact) mass is 200 g/mol. The van der Waals surface area contributed by atoms with Crippen molar-refractivity contribution in [3.63, 3.8) is 0 Å². The van der Waals surface area contributed by atoms with Crippen LogP contribution in [0.4, 0.5) is 0 Å². The van der Waals surface area contributed by atoms with Crippen LogP contribution < -0.4 is 10.6 Å². The maximum atomic E-state index is 10.5. The first-order valence-corrected chi connectivity index (χ1v) is 5.36. The minimum Gasteiger partial charge on any atom is -0.378 e. The zero-order valence-corrected chi connectivity index (χ0v) is 8.84. The van der Waals surface area contributed by atoms with Crippen LogP contribution in [0.25, 0.3) is 0 Å². The molecule has 1 saturated heterocycles. The molecule has 1 rings (SSSR count). The molecule has 14 heavy (non-hydrogen) atoms. The van der Waals surface area contributed by atoms with Crippen LogP contribution in [0.3, 0.4) is 0 Å². The van der Waals surface area contributed by atoms with Crippen molar-refractivity contribution in [2.45, 2.75) is 32.3 Å². The number of carbonyl (C=O) groups excluding carboxylic acids is 1. The van der Waals surface area contributed by atoms with E-state index in [4.69, 9.17) is 4.74 Å². The predicted molar refractivity (Wildman–Crippen MR) is 55.1 cm³/mol. The molecule has 82 valence electrons. The third-order valence-corrected chi connectivity index (χ3v) is 2.34. The van der Waals surface area contributed by atoms with Gasteiger partial charge in [-0.1, -0.05) is 0 Å². The molecule has 4 nitrogen and oxygen atoms in total. The van der Waals surface area contributed by atoms with Gasteiger partial charge in [-0.3, -0.25) is 4.79 Å². The molecule has 0 aliphatic carbocycles. The number of rotatable bonds is 6. The number of amides is 1. The molecule has 0 aromatic rings. The summed E-state index contributed by atoms with van der Waals surface area (Å²) in [5, 5.41) is 6.01. The summed E-state index contributed by atoms with van der Waals surface area (Å²) in [5.41, 5.74) is 0. The van der Waals surface area contributed by atoms with Crippen LogP contribution in [0.1, 0.15) is 26.2 Å². The highest BCUT2D eigenvalue weighted by atomic mass is 16.5. The summed E-state index contributed by atoms with van der Waals surface area (Å²) in [5.74, 6) is 0.0333. The molecule has 0 bridgehead atoms. The van der Waals surface area contributed by atoms with Crippen LogP contribution in [0.5, 0.6) is 0 Å². The fourth-order valence-electron chi connectivity index (χ4n) is 1.59.